The average molecular weight is 405 g/mol. The smallest absolute Gasteiger partial charge is 0.349 e. The molecule has 0 spiro atoms. The number of carbonyl (C=O) groups is 1. The molecule has 1 aromatic heterocycles. The van der Waals surface area contributed by atoms with Gasteiger partial charge in [-0.3, -0.25) is 9.69 Å². The zero-order valence-electron chi connectivity index (χ0n) is 15.1. The first kappa shape index (κ1) is 21.4. The molecule has 0 unspecified atom stereocenters. The molecule has 0 bridgehead atoms. The molecule has 1 aliphatic rings. The fourth-order valence-electron chi connectivity index (χ4n) is 2.72. The lowest BCUT2D eigenvalue weighted by Gasteiger charge is -2.31. The number of carbonyl (C=O) groups excluding carboxylic acids is 1. The third kappa shape index (κ3) is 5.29. The Kier molecular flexibility index (Phi) is 6.63. The maximum absolute atomic E-state index is 12.8. The van der Waals surface area contributed by atoms with Crippen molar-refractivity contribution in [3.8, 4) is 0 Å². The highest BCUT2D eigenvalue weighted by atomic mass is 32.2. The van der Waals surface area contributed by atoms with E-state index in [1.807, 2.05) is 13.8 Å². The van der Waals surface area contributed by atoms with E-state index < -0.39 is 31.8 Å². The van der Waals surface area contributed by atoms with Gasteiger partial charge in [0.25, 0.3) is 15.7 Å². The molecule has 1 saturated heterocycles. The van der Waals surface area contributed by atoms with Gasteiger partial charge in [-0.2, -0.15) is 13.2 Å². The van der Waals surface area contributed by atoms with Crippen LogP contribution in [-0.2, 0) is 9.84 Å². The summed E-state index contributed by atoms with van der Waals surface area (Å²) in [7, 11) is -5.70. The highest BCUT2D eigenvalue weighted by Gasteiger charge is 2.49. The molecule has 2 rings (SSSR count). The summed E-state index contributed by atoms with van der Waals surface area (Å²) in [5.41, 5.74) is -4.91. The number of piperidine rings is 1. The summed E-state index contributed by atoms with van der Waals surface area (Å²) in [5, 5.41) is 1.36. The molecule has 1 amide bonds. The first-order chi connectivity index (χ1) is 12.5. The summed E-state index contributed by atoms with van der Waals surface area (Å²) in [5.74, 6) is -0.867. The van der Waals surface area contributed by atoms with Crippen molar-refractivity contribution in [2.75, 3.05) is 19.6 Å². The van der Waals surface area contributed by atoms with Gasteiger partial charge >= 0.3 is 5.51 Å². The summed E-state index contributed by atoms with van der Waals surface area (Å²) in [6.45, 7) is 6.28. The molecule has 0 aliphatic carbocycles. The topological polar surface area (TPSA) is 79.4 Å². The van der Waals surface area contributed by atoms with E-state index in [9.17, 15) is 26.4 Å². The normalized spacial score (nSPS) is 16.8. The molecule has 0 radical (unpaired) electrons. The van der Waals surface area contributed by atoms with Gasteiger partial charge in [0.1, 0.15) is 0 Å². The van der Waals surface area contributed by atoms with Gasteiger partial charge in [0, 0.05) is 31.9 Å². The minimum atomic E-state index is -5.70. The first-order valence-electron chi connectivity index (χ1n) is 8.45. The number of sulfone groups is 1. The molecule has 6 nitrogen and oxygen atoms in total. The van der Waals surface area contributed by atoms with Gasteiger partial charge in [0.05, 0.1) is 5.56 Å². The zero-order valence-corrected chi connectivity index (χ0v) is 15.9. The van der Waals surface area contributed by atoms with Crippen molar-refractivity contribution in [3.63, 3.8) is 0 Å². The van der Waals surface area contributed by atoms with Gasteiger partial charge in [-0.25, -0.2) is 13.4 Å². The van der Waals surface area contributed by atoms with Crippen LogP contribution in [0.5, 0.6) is 0 Å². The number of allylic oxidation sites excluding steroid dienone is 1. The zero-order chi connectivity index (χ0) is 20.2. The van der Waals surface area contributed by atoms with E-state index in [2.05, 4.69) is 21.3 Å². The van der Waals surface area contributed by atoms with Crippen LogP contribution in [0.3, 0.4) is 0 Å². The van der Waals surface area contributed by atoms with Gasteiger partial charge in [-0.05, 0) is 38.8 Å². The number of nitrogens with one attached hydrogen (secondary N) is 1. The first-order valence-corrected chi connectivity index (χ1v) is 9.93. The minimum Gasteiger partial charge on any atom is -0.349 e. The van der Waals surface area contributed by atoms with Crippen LogP contribution in [0.2, 0.25) is 0 Å². The van der Waals surface area contributed by atoms with E-state index in [-0.39, 0.29) is 6.04 Å². The van der Waals surface area contributed by atoms with Crippen molar-refractivity contribution in [1.29, 1.82) is 0 Å². The molecular formula is C17H22F3N3O3S. The number of hydrogen-bond acceptors (Lipinski definition) is 5. The molecule has 1 aliphatic heterocycles. The van der Waals surface area contributed by atoms with E-state index in [0.717, 1.165) is 31.9 Å². The largest absolute Gasteiger partial charge is 0.503 e. The van der Waals surface area contributed by atoms with E-state index in [0.29, 0.717) is 12.8 Å². The second-order valence-corrected chi connectivity index (χ2v) is 8.49. The summed E-state index contributed by atoms with van der Waals surface area (Å²) in [4.78, 5) is 17.9. The van der Waals surface area contributed by atoms with Crippen LogP contribution >= 0.6 is 0 Å². The van der Waals surface area contributed by atoms with E-state index in [4.69, 9.17) is 0 Å². The molecule has 27 heavy (non-hydrogen) atoms. The van der Waals surface area contributed by atoms with Gasteiger partial charge in [0.15, 0.2) is 5.03 Å². The number of hydrogen-bond donors (Lipinski definition) is 1. The fraction of sp³-hybridized carbons (Fsp3) is 0.529. The lowest BCUT2D eigenvalue weighted by molar-refractivity contribution is -0.0438. The third-order valence-corrected chi connectivity index (χ3v) is 5.70. The monoisotopic (exact) mass is 405 g/mol. The molecule has 150 valence electrons. The number of halogens is 3. The maximum atomic E-state index is 12.8. The third-order valence-electron chi connectivity index (χ3n) is 4.26. The van der Waals surface area contributed by atoms with E-state index >= 15 is 0 Å². The van der Waals surface area contributed by atoms with Gasteiger partial charge in [-0.1, -0.05) is 11.6 Å². The Morgan fingerprint density at radius 2 is 1.96 bits per heavy atom. The Balaban J connectivity index is 2.07. The Morgan fingerprint density at radius 1 is 1.33 bits per heavy atom. The molecule has 1 N–H and O–H groups in total. The second-order valence-electron chi connectivity index (χ2n) is 6.64. The predicted octanol–water partition coefficient (Wildman–Crippen LogP) is 2.54. The molecule has 1 aromatic rings. The molecule has 0 atom stereocenters. The quantitative estimate of drug-likeness (QED) is 0.762. The molecule has 0 saturated carbocycles. The summed E-state index contributed by atoms with van der Waals surface area (Å²) in [6.07, 6.45) is 4.27. The van der Waals surface area contributed by atoms with Crippen LogP contribution in [0.15, 0.2) is 35.0 Å². The average Bonchev–Trinajstić information content (AvgIpc) is 2.60. The number of aromatic nitrogens is 1. The predicted molar refractivity (Wildman–Crippen MR) is 93.8 cm³/mol. The van der Waals surface area contributed by atoms with Gasteiger partial charge in [0.2, 0.25) is 0 Å². The van der Waals surface area contributed by atoms with Crippen LogP contribution in [0.25, 0.3) is 0 Å². The minimum absolute atomic E-state index is 0.234. The standard InChI is InChI=1S/C17H22F3N3O3S/c1-12(2)5-9-23-10-6-13(7-11-23)22-15(24)14-4-3-8-21-16(14)27(25,26)17(18,19)20/h3-5,8,13H,6-7,9-11H2,1-2H3,(H,22,24). The molecule has 0 aromatic carbocycles. The lowest BCUT2D eigenvalue weighted by Crippen LogP contribution is -2.45. The van der Waals surface area contributed by atoms with Crippen molar-refractivity contribution >= 4 is 15.7 Å². The van der Waals surface area contributed by atoms with Crippen LogP contribution in [-0.4, -0.2) is 55.4 Å². The number of rotatable bonds is 5. The molecule has 1 fully saturated rings. The summed E-state index contributed by atoms with van der Waals surface area (Å²) >= 11 is 0. The highest BCUT2D eigenvalue weighted by Crippen LogP contribution is 2.30. The summed E-state index contributed by atoms with van der Waals surface area (Å²) in [6, 6.07) is 2.03. The van der Waals surface area contributed by atoms with Crippen LogP contribution in [0.4, 0.5) is 13.2 Å². The van der Waals surface area contributed by atoms with Gasteiger partial charge < -0.3 is 5.32 Å². The lowest BCUT2D eigenvalue weighted by atomic mass is 10.0. The summed E-state index contributed by atoms with van der Waals surface area (Å²) < 4.78 is 61.8. The SMILES string of the molecule is CC(C)=CCN1CCC(NC(=O)c2cccnc2S(=O)(=O)C(F)(F)F)CC1. The van der Waals surface area contributed by atoms with Crippen molar-refractivity contribution in [3.05, 3.63) is 35.5 Å². The number of likely N-dealkylation sites (tertiary alicyclic amines) is 1. The fourth-order valence-corrected chi connectivity index (χ4v) is 3.59. The van der Waals surface area contributed by atoms with Crippen molar-refractivity contribution in [2.24, 2.45) is 0 Å². The number of nitrogens with zero attached hydrogens (tertiary/aromatic N) is 2. The Bertz CT molecular complexity index is 810. The number of alkyl halides is 3. The van der Waals surface area contributed by atoms with Crippen molar-refractivity contribution < 1.29 is 26.4 Å². The number of amides is 1. The van der Waals surface area contributed by atoms with Crippen LogP contribution in [0, 0.1) is 0 Å². The van der Waals surface area contributed by atoms with Crippen LogP contribution < -0.4 is 5.32 Å². The Hall–Kier alpha value is -1.94. The van der Waals surface area contributed by atoms with Crippen molar-refractivity contribution in [1.82, 2.24) is 15.2 Å². The number of pyridine rings is 1. The highest BCUT2D eigenvalue weighted by molar-refractivity contribution is 7.92. The van der Waals surface area contributed by atoms with Gasteiger partial charge in [-0.15, -0.1) is 0 Å². The molecule has 10 heteroatoms. The Morgan fingerprint density at radius 3 is 2.52 bits per heavy atom. The van der Waals surface area contributed by atoms with Crippen molar-refractivity contribution in [2.45, 2.75) is 43.3 Å². The molecular weight excluding hydrogens is 383 g/mol. The van der Waals surface area contributed by atoms with E-state index in [1.54, 1.807) is 0 Å². The Labute approximate surface area is 156 Å². The second kappa shape index (κ2) is 8.39. The maximum Gasteiger partial charge on any atom is 0.503 e. The van der Waals surface area contributed by atoms with E-state index in [1.165, 1.54) is 11.6 Å². The molecule has 2 heterocycles. The van der Waals surface area contributed by atoms with Crippen LogP contribution in [0.1, 0.15) is 37.0 Å².